The molecule has 0 spiro atoms. The third-order valence-corrected chi connectivity index (χ3v) is 3.44. The van der Waals surface area contributed by atoms with Gasteiger partial charge in [-0.05, 0) is 30.7 Å². The van der Waals surface area contributed by atoms with Crippen LogP contribution in [0, 0.1) is 5.82 Å². The van der Waals surface area contributed by atoms with Crippen LogP contribution in [0.25, 0.3) is 0 Å². The summed E-state index contributed by atoms with van der Waals surface area (Å²) in [7, 11) is 1.52. The van der Waals surface area contributed by atoms with Crippen LogP contribution >= 0.6 is 11.6 Å². The Balaban J connectivity index is 2.01. The van der Waals surface area contributed by atoms with Crippen LogP contribution in [0.1, 0.15) is 24.1 Å². The zero-order valence-electron chi connectivity index (χ0n) is 11.5. The van der Waals surface area contributed by atoms with Crippen LogP contribution in [0.4, 0.5) is 4.39 Å². The van der Waals surface area contributed by atoms with Gasteiger partial charge in [-0.15, -0.1) is 0 Å². The average Bonchev–Trinajstić information content (AvgIpc) is 2.45. The molecule has 0 aromatic heterocycles. The summed E-state index contributed by atoms with van der Waals surface area (Å²) in [6.45, 7) is 2.47. The van der Waals surface area contributed by atoms with Gasteiger partial charge in [0, 0.05) is 29.2 Å². The van der Waals surface area contributed by atoms with E-state index in [9.17, 15) is 4.39 Å². The second-order valence-electron chi connectivity index (χ2n) is 4.61. The molecule has 4 heteroatoms. The summed E-state index contributed by atoms with van der Waals surface area (Å²) < 4.78 is 18.8. The van der Waals surface area contributed by atoms with Gasteiger partial charge < -0.3 is 10.1 Å². The van der Waals surface area contributed by atoms with Gasteiger partial charge in [-0.2, -0.15) is 0 Å². The molecule has 0 aliphatic rings. The molecule has 0 fully saturated rings. The van der Waals surface area contributed by atoms with E-state index in [1.165, 1.54) is 13.2 Å². The van der Waals surface area contributed by atoms with Crippen molar-refractivity contribution in [1.82, 2.24) is 5.32 Å². The molecule has 0 unspecified atom stereocenters. The smallest absolute Gasteiger partial charge is 0.131 e. The van der Waals surface area contributed by atoms with Crippen molar-refractivity contribution in [3.05, 3.63) is 64.4 Å². The quantitative estimate of drug-likeness (QED) is 0.885. The third-order valence-electron chi connectivity index (χ3n) is 3.21. The van der Waals surface area contributed by atoms with Crippen molar-refractivity contribution < 1.29 is 9.13 Å². The van der Waals surface area contributed by atoms with Gasteiger partial charge >= 0.3 is 0 Å². The molecule has 0 heterocycles. The number of ether oxygens (including phenoxy) is 1. The summed E-state index contributed by atoms with van der Waals surface area (Å²) in [6.07, 6.45) is 0. The number of hydrogen-bond acceptors (Lipinski definition) is 2. The zero-order valence-corrected chi connectivity index (χ0v) is 12.2. The molecule has 0 aliphatic carbocycles. The first-order chi connectivity index (χ1) is 9.60. The van der Waals surface area contributed by atoms with Crippen molar-refractivity contribution in [1.29, 1.82) is 0 Å². The van der Waals surface area contributed by atoms with Gasteiger partial charge in [0.25, 0.3) is 0 Å². The minimum Gasteiger partial charge on any atom is -0.497 e. The van der Waals surface area contributed by atoms with Crippen molar-refractivity contribution in [2.45, 2.75) is 19.5 Å². The molecule has 106 valence electrons. The summed E-state index contributed by atoms with van der Waals surface area (Å²) in [4.78, 5) is 0. The Labute approximate surface area is 123 Å². The summed E-state index contributed by atoms with van der Waals surface area (Å²) in [5.41, 5.74) is 1.69. The highest BCUT2D eigenvalue weighted by molar-refractivity contribution is 6.30. The van der Waals surface area contributed by atoms with Crippen molar-refractivity contribution in [2.24, 2.45) is 0 Å². The van der Waals surface area contributed by atoms with Crippen LogP contribution in [-0.2, 0) is 6.54 Å². The van der Waals surface area contributed by atoms with E-state index < -0.39 is 0 Å². The Morgan fingerprint density at radius 3 is 2.70 bits per heavy atom. The highest BCUT2D eigenvalue weighted by atomic mass is 35.5. The SMILES string of the molecule is COc1ccc(CN[C@@H](C)c2cccc(Cl)c2)c(F)c1. The van der Waals surface area contributed by atoms with E-state index in [1.54, 1.807) is 12.1 Å². The van der Waals surface area contributed by atoms with Crippen LogP contribution in [0.15, 0.2) is 42.5 Å². The van der Waals surface area contributed by atoms with Crippen LogP contribution in [0.2, 0.25) is 5.02 Å². The van der Waals surface area contributed by atoms with Crippen LogP contribution < -0.4 is 10.1 Å². The summed E-state index contributed by atoms with van der Waals surface area (Å²) in [5, 5.41) is 3.98. The largest absolute Gasteiger partial charge is 0.497 e. The van der Waals surface area contributed by atoms with E-state index in [2.05, 4.69) is 5.32 Å². The number of benzene rings is 2. The molecular formula is C16H17ClFNO. The maximum atomic E-state index is 13.8. The summed E-state index contributed by atoms with van der Waals surface area (Å²) in [6, 6.07) is 12.6. The van der Waals surface area contributed by atoms with E-state index in [0.717, 1.165) is 5.56 Å². The minimum absolute atomic E-state index is 0.0928. The second-order valence-corrected chi connectivity index (χ2v) is 5.05. The molecule has 0 saturated heterocycles. The fraction of sp³-hybridized carbons (Fsp3) is 0.250. The lowest BCUT2D eigenvalue weighted by Crippen LogP contribution is -2.18. The number of rotatable bonds is 5. The minimum atomic E-state index is -0.268. The van der Waals surface area contributed by atoms with E-state index in [4.69, 9.17) is 16.3 Å². The van der Waals surface area contributed by atoms with Crippen LogP contribution in [0.3, 0.4) is 0 Å². The fourth-order valence-electron chi connectivity index (χ4n) is 1.96. The molecule has 0 aliphatic heterocycles. The molecule has 20 heavy (non-hydrogen) atoms. The molecular weight excluding hydrogens is 277 g/mol. The first-order valence-electron chi connectivity index (χ1n) is 6.41. The lowest BCUT2D eigenvalue weighted by molar-refractivity contribution is 0.410. The lowest BCUT2D eigenvalue weighted by atomic mass is 10.1. The molecule has 0 bridgehead atoms. The number of nitrogens with one attached hydrogen (secondary N) is 1. The van der Waals surface area contributed by atoms with E-state index in [-0.39, 0.29) is 11.9 Å². The van der Waals surface area contributed by atoms with Crippen LogP contribution in [0.5, 0.6) is 5.75 Å². The Morgan fingerprint density at radius 1 is 1.25 bits per heavy atom. The monoisotopic (exact) mass is 293 g/mol. The van der Waals surface area contributed by atoms with Crippen molar-refractivity contribution in [3.63, 3.8) is 0 Å². The topological polar surface area (TPSA) is 21.3 Å². The first kappa shape index (κ1) is 14.8. The predicted octanol–water partition coefficient (Wildman–Crippen LogP) is 4.34. The molecule has 0 saturated carbocycles. The lowest BCUT2D eigenvalue weighted by Gasteiger charge is -2.15. The van der Waals surface area contributed by atoms with Crippen molar-refractivity contribution in [2.75, 3.05) is 7.11 Å². The van der Waals surface area contributed by atoms with Gasteiger partial charge in [-0.3, -0.25) is 0 Å². The van der Waals surface area contributed by atoms with E-state index >= 15 is 0 Å². The van der Waals surface area contributed by atoms with E-state index in [0.29, 0.717) is 22.9 Å². The Morgan fingerprint density at radius 2 is 2.05 bits per heavy atom. The van der Waals surface area contributed by atoms with E-state index in [1.807, 2.05) is 31.2 Å². The molecule has 2 nitrogen and oxygen atoms in total. The van der Waals surface area contributed by atoms with Crippen LogP contribution in [-0.4, -0.2) is 7.11 Å². The van der Waals surface area contributed by atoms with Gasteiger partial charge in [-0.25, -0.2) is 4.39 Å². The Bertz CT molecular complexity index is 588. The molecule has 0 amide bonds. The molecule has 0 radical (unpaired) electrons. The summed E-state index contributed by atoms with van der Waals surface area (Å²) >= 11 is 5.96. The van der Waals surface area contributed by atoms with Gasteiger partial charge in [0.1, 0.15) is 11.6 Å². The number of halogens is 2. The maximum absolute atomic E-state index is 13.8. The third kappa shape index (κ3) is 3.71. The second kappa shape index (κ2) is 6.73. The fourth-order valence-corrected chi connectivity index (χ4v) is 2.15. The Hall–Kier alpha value is -1.58. The molecule has 2 rings (SSSR count). The van der Waals surface area contributed by atoms with Crippen molar-refractivity contribution >= 4 is 11.6 Å². The standard InChI is InChI=1S/C16H17ClFNO/c1-11(12-4-3-5-14(17)8-12)19-10-13-6-7-15(20-2)9-16(13)18/h3-9,11,19H,10H2,1-2H3/t11-/m0/s1. The molecule has 1 N–H and O–H groups in total. The van der Waals surface area contributed by atoms with Gasteiger partial charge in [0.05, 0.1) is 7.11 Å². The van der Waals surface area contributed by atoms with Gasteiger partial charge in [-0.1, -0.05) is 29.8 Å². The van der Waals surface area contributed by atoms with Gasteiger partial charge in [0.2, 0.25) is 0 Å². The van der Waals surface area contributed by atoms with Crippen molar-refractivity contribution in [3.8, 4) is 5.75 Å². The predicted molar refractivity (Wildman–Crippen MR) is 79.7 cm³/mol. The Kier molecular flexibility index (Phi) is 4.99. The number of methoxy groups -OCH3 is 1. The highest BCUT2D eigenvalue weighted by Crippen LogP contribution is 2.19. The number of hydrogen-bond donors (Lipinski definition) is 1. The highest BCUT2D eigenvalue weighted by Gasteiger charge is 2.08. The zero-order chi connectivity index (χ0) is 14.5. The summed E-state index contributed by atoms with van der Waals surface area (Å²) in [5.74, 6) is 0.254. The first-order valence-corrected chi connectivity index (χ1v) is 6.79. The van der Waals surface area contributed by atoms with Gasteiger partial charge in [0.15, 0.2) is 0 Å². The average molecular weight is 294 g/mol. The molecule has 2 aromatic rings. The maximum Gasteiger partial charge on any atom is 0.131 e. The molecule has 2 aromatic carbocycles. The normalized spacial score (nSPS) is 12.2. The molecule has 1 atom stereocenters.